The first kappa shape index (κ1) is 14.1. The van der Waals surface area contributed by atoms with Crippen LogP contribution in [0.15, 0.2) is 24.3 Å². The van der Waals surface area contributed by atoms with E-state index in [4.69, 9.17) is 0 Å². The fourth-order valence-corrected chi connectivity index (χ4v) is 3.02. The van der Waals surface area contributed by atoms with Gasteiger partial charge in [0.1, 0.15) is 0 Å². The van der Waals surface area contributed by atoms with Crippen LogP contribution in [0, 0.1) is 18.8 Å². The third-order valence-electron chi connectivity index (χ3n) is 4.60. The summed E-state index contributed by atoms with van der Waals surface area (Å²) in [6.45, 7) is 2.79. The van der Waals surface area contributed by atoms with E-state index in [1.807, 2.05) is 31.2 Å². The Morgan fingerprint density at radius 2 is 1.95 bits per heavy atom. The molecule has 2 fully saturated rings. The van der Waals surface area contributed by atoms with Crippen molar-refractivity contribution >= 4 is 11.8 Å². The van der Waals surface area contributed by atoms with Crippen molar-refractivity contribution in [2.75, 3.05) is 13.6 Å². The molecule has 21 heavy (non-hydrogen) atoms. The van der Waals surface area contributed by atoms with Crippen LogP contribution in [-0.4, -0.2) is 30.3 Å². The van der Waals surface area contributed by atoms with E-state index in [1.54, 1.807) is 11.9 Å². The molecule has 3 rings (SSSR count). The lowest BCUT2D eigenvalue weighted by Gasteiger charge is -2.25. The minimum atomic E-state index is -0.274. The van der Waals surface area contributed by atoms with Gasteiger partial charge in [0.25, 0.3) is 0 Å². The molecule has 0 aromatic heterocycles. The van der Waals surface area contributed by atoms with Crippen LogP contribution in [0.1, 0.15) is 36.4 Å². The van der Waals surface area contributed by atoms with Crippen molar-refractivity contribution in [3.63, 3.8) is 0 Å². The van der Waals surface area contributed by atoms with Gasteiger partial charge in [-0.2, -0.15) is 0 Å². The molecular weight excluding hydrogens is 264 g/mol. The van der Waals surface area contributed by atoms with Crippen LogP contribution in [-0.2, 0) is 9.59 Å². The second-order valence-corrected chi connectivity index (χ2v) is 6.36. The normalized spacial score (nSPS) is 25.2. The first-order chi connectivity index (χ1) is 10.1. The Morgan fingerprint density at radius 3 is 2.57 bits per heavy atom. The highest BCUT2D eigenvalue weighted by molar-refractivity contribution is 5.90. The SMILES string of the molecule is Cc1ccc([C@@H]2[C@@H](C(=O)NCC3CC3)CC(=O)N2C)cc1. The van der Waals surface area contributed by atoms with Crippen LogP contribution in [0.2, 0.25) is 0 Å². The van der Waals surface area contributed by atoms with E-state index in [0.29, 0.717) is 12.3 Å². The van der Waals surface area contributed by atoms with Crippen molar-refractivity contribution in [1.82, 2.24) is 10.2 Å². The summed E-state index contributed by atoms with van der Waals surface area (Å²) in [5.41, 5.74) is 2.22. The molecule has 1 saturated carbocycles. The van der Waals surface area contributed by atoms with Crippen LogP contribution in [0.5, 0.6) is 0 Å². The van der Waals surface area contributed by atoms with Crippen molar-refractivity contribution in [3.8, 4) is 0 Å². The minimum absolute atomic E-state index is 0.0187. The zero-order valence-electron chi connectivity index (χ0n) is 12.6. The maximum absolute atomic E-state index is 12.4. The number of amides is 2. The fraction of sp³-hybridized carbons (Fsp3) is 0.529. The summed E-state index contributed by atoms with van der Waals surface area (Å²) in [5.74, 6) is 0.447. The van der Waals surface area contributed by atoms with Gasteiger partial charge in [0.05, 0.1) is 12.0 Å². The van der Waals surface area contributed by atoms with Gasteiger partial charge in [-0.1, -0.05) is 29.8 Å². The maximum atomic E-state index is 12.4. The standard InChI is InChI=1S/C17H22N2O2/c1-11-3-7-13(8-4-11)16-14(9-15(20)19(16)2)17(21)18-10-12-5-6-12/h3-4,7-8,12,14,16H,5-6,9-10H2,1-2H3,(H,18,21)/t14-,16+/m0/s1. The van der Waals surface area contributed by atoms with E-state index in [2.05, 4.69) is 5.32 Å². The fourth-order valence-electron chi connectivity index (χ4n) is 3.02. The first-order valence-corrected chi connectivity index (χ1v) is 7.66. The van der Waals surface area contributed by atoms with Gasteiger partial charge >= 0.3 is 0 Å². The number of carbonyl (C=O) groups excluding carboxylic acids is 2. The first-order valence-electron chi connectivity index (χ1n) is 7.66. The van der Waals surface area contributed by atoms with Gasteiger partial charge in [0, 0.05) is 20.0 Å². The molecule has 2 aliphatic rings. The molecule has 1 aliphatic heterocycles. The number of likely N-dealkylation sites (tertiary alicyclic amines) is 1. The maximum Gasteiger partial charge on any atom is 0.226 e. The van der Waals surface area contributed by atoms with Gasteiger partial charge < -0.3 is 10.2 Å². The molecule has 1 aromatic carbocycles. The summed E-state index contributed by atoms with van der Waals surface area (Å²) < 4.78 is 0. The van der Waals surface area contributed by atoms with Gasteiger partial charge in [-0.15, -0.1) is 0 Å². The lowest BCUT2D eigenvalue weighted by Crippen LogP contribution is -2.35. The molecule has 0 radical (unpaired) electrons. The molecule has 1 aromatic rings. The minimum Gasteiger partial charge on any atom is -0.355 e. The molecule has 112 valence electrons. The topological polar surface area (TPSA) is 49.4 Å². The molecule has 1 heterocycles. The summed E-state index contributed by atoms with van der Waals surface area (Å²) in [7, 11) is 1.79. The summed E-state index contributed by atoms with van der Waals surface area (Å²) in [6, 6.07) is 7.97. The summed E-state index contributed by atoms with van der Waals surface area (Å²) >= 11 is 0. The molecular formula is C17H22N2O2. The Labute approximate surface area is 125 Å². The Bertz CT molecular complexity index is 548. The number of nitrogens with zero attached hydrogens (tertiary/aromatic N) is 1. The summed E-state index contributed by atoms with van der Waals surface area (Å²) in [5, 5.41) is 3.02. The van der Waals surface area contributed by atoms with Crippen LogP contribution in [0.3, 0.4) is 0 Å². The number of hydrogen-bond acceptors (Lipinski definition) is 2. The van der Waals surface area contributed by atoms with Crippen LogP contribution in [0.25, 0.3) is 0 Å². The van der Waals surface area contributed by atoms with E-state index >= 15 is 0 Å². The Hall–Kier alpha value is -1.84. The average Bonchev–Trinajstić information content (AvgIpc) is 3.25. The summed E-state index contributed by atoms with van der Waals surface area (Å²) in [4.78, 5) is 26.2. The van der Waals surface area contributed by atoms with E-state index in [9.17, 15) is 9.59 Å². The zero-order valence-corrected chi connectivity index (χ0v) is 12.6. The van der Waals surface area contributed by atoms with Gasteiger partial charge in [-0.3, -0.25) is 9.59 Å². The summed E-state index contributed by atoms with van der Waals surface area (Å²) in [6.07, 6.45) is 2.74. The number of aryl methyl sites for hydroxylation is 1. The number of rotatable bonds is 4. The van der Waals surface area contributed by atoms with Gasteiger partial charge in [0.15, 0.2) is 0 Å². The molecule has 0 spiro atoms. The number of carbonyl (C=O) groups is 2. The Balaban J connectivity index is 1.78. The second kappa shape index (κ2) is 5.51. The van der Waals surface area contributed by atoms with E-state index in [0.717, 1.165) is 12.1 Å². The van der Waals surface area contributed by atoms with Crippen LogP contribution in [0.4, 0.5) is 0 Å². The van der Waals surface area contributed by atoms with Crippen molar-refractivity contribution in [1.29, 1.82) is 0 Å². The molecule has 2 atom stereocenters. The largest absolute Gasteiger partial charge is 0.355 e. The van der Waals surface area contributed by atoms with E-state index < -0.39 is 0 Å². The molecule has 0 unspecified atom stereocenters. The molecule has 2 amide bonds. The zero-order chi connectivity index (χ0) is 15.0. The van der Waals surface area contributed by atoms with E-state index in [1.165, 1.54) is 18.4 Å². The predicted octanol–water partition coefficient (Wildman–Crippen LogP) is 2.04. The van der Waals surface area contributed by atoms with Crippen molar-refractivity contribution in [2.45, 2.75) is 32.2 Å². The molecule has 4 nitrogen and oxygen atoms in total. The third kappa shape index (κ3) is 2.94. The molecule has 1 saturated heterocycles. The van der Waals surface area contributed by atoms with Gasteiger partial charge in [-0.25, -0.2) is 0 Å². The van der Waals surface area contributed by atoms with Crippen molar-refractivity contribution in [2.24, 2.45) is 11.8 Å². The lowest BCUT2D eigenvalue weighted by atomic mass is 9.92. The molecule has 1 aliphatic carbocycles. The molecule has 0 bridgehead atoms. The van der Waals surface area contributed by atoms with Crippen LogP contribution >= 0.6 is 0 Å². The third-order valence-corrected chi connectivity index (χ3v) is 4.60. The molecule has 1 N–H and O–H groups in total. The highest BCUT2D eigenvalue weighted by atomic mass is 16.2. The van der Waals surface area contributed by atoms with Gasteiger partial charge in [-0.05, 0) is 31.2 Å². The number of benzene rings is 1. The predicted molar refractivity (Wildman–Crippen MR) is 80.5 cm³/mol. The van der Waals surface area contributed by atoms with Crippen molar-refractivity contribution < 1.29 is 9.59 Å². The number of nitrogens with one attached hydrogen (secondary N) is 1. The van der Waals surface area contributed by atoms with Crippen LogP contribution < -0.4 is 5.32 Å². The second-order valence-electron chi connectivity index (χ2n) is 6.36. The van der Waals surface area contributed by atoms with Gasteiger partial charge in [0.2, 0.25) is 11.8 Å². The monoisotopic (exact) mass is 286 g/mol. The highest BCUT2D eigenvalue weighted by Crippen LogP contribution is 2.37. The van der Waals surface area contributed by atoms with E-state index in [-0.39, 0.29) is 23.8 Å². The lowest BCUT2D eigenvalue weighted by molar-refractivity contribution is -0.128. The average molecular weight is 286 g/mol. The smallest absolute Gasteiger partial charge is 0.226 e. The Kier molecular flexibility index (Phi) is 3.70. The highest BCUT2D eigenvalue weighted by Gasteiger charge is 2.42. The quantitative estimate of drug-likeness (QED) is 0.921. The van der Waals surface area contributed by atoms with Crippen molar-refractivity contribution in [3.05, 3.63) is 35.4 Å². The Morgan fingerprint density at radius 1 is 1.29 bits per heavy atom. The number of hydrogen-bond donors (Lipinski definition) is 1. The molecule has 4 heteroatoms.